The molecule has 2 aromatic heterocycles. The molecular formula is C17H24N4. The van der Waals surface area contributed by atoms with Gasteiger partial charge in [0.05, 0.1) is 29.8 Å². The van der Waals surface area contributed by atoms with Crippen LogP contribution in [0.25, 0.3) is 0 Å². The van der Waals surface area contributed by atoms with Gasteiger partial charge in [-0.2, -0.15) is 0 Å². The number of nitrogens with zero attached hydrogens (tertiary/aromatic N) is 3. The number of aromatic nitrogens is 2. The van der Waals surface area contributed by atoms with Crippen LogP contribution >= 0.6 is 0 Å². The molecule has 112 valence electrons. The lowest BCUT2D eigenvalue weighted by molar-refractivity contribution is 0.674. The average molecular weight is 284 g/mol. The van der Waals surface area contributed by atoms with Gasteiger partial charge in [-0.1, -0.05) is 13.0 Å². The van der Waals surface area contributed by atoms with Crippen LogP contribution in [-0.2, 0) is 6.54 Å². The van der Waals surface area contributed by atoms with Gasteiger partial charge >= 0.3 is 0 Å². The zero-order valence-electron chi connectivity index (χ0n) is 13.1. The Bertz CT molecular complexity index is 565. The van der Waals surface area contributed by atoms with Crippen molar-refractivity contribution in [2.45, 2.75) is 39.8 Å². The smallest absolute Gasteiger partial charge is 0.0602 e. The van der Waals surface area contributed by atoms with Crippen molar-refractivity contribution >= 4 is 5.69 Å². The lowest BCUT2D eigenvalue weighted by atomic mass is 10.1. The first-order chi connectivity index (χ1) is 10.1. The highest BCUT2D eigenvalue weighted by Crippen LogP contribution is 2.18. The molecule has 0 saturated heterocycles. The zero-order valence-corrected chi connectivity index (χ0v) is 13.1. The summed E-state index contributed by atoms with van der Waals surface area (Å²) in [6.45, 7) is 7.93. The Morgan fingerprint density at radius 3 is 2.57 bits per heavy atom. The molecule has 2 heterocycles. The molecule has 2 aromatic rings. The van der Waals surface area contributed by atoms with Crippen LogP contribution in [0.5, 0.6) is 0 Å². The fourth-order valence-electron chi connectivity index (χ4n) is 2.28. The van der Waals surface area contributed by atoms with Crippen LogP contribution in [0.1, 0.15) is 43.4 Å². The summed E-state index contributed by atoms with van der Waals surface area (Å²) < 4.78 is 0. The molecule has 0 spiro atoms. The van der Waals surface area contributed by atoms with Gasteiger partial charge in [-0.05, 0) is 44.5 Å². The molecule has 4 heteroatoms. The van der Waals surface area contributed by atoms with E-state index in [4.69, 9.17) is 5.73 Å². The summed E-state index contributed by atoms with van der Waals surface area (Å²) in [4.78, 5) is 11.3. The van der Waals surface area contributed by atoms with Crippen LogP contribution < -0.4 is 10.6 Å². The largest absolute Gasteiger partial charge is 0.365 e. The molecule has 1 atom stereocenters. The Labute approximate surface area is 127 Å². The second kappa shape index (κ2) is 7.18. The monoisotopic (exact) mass is 284 g/mol. The van der Waals surface area contributed by atoms with Crippen molar-refractivity contribution in [1.82, 2.24) is 9.97 Å². The highest BCUT2D eigenvalue weighted by atomic mass is 15.1. The van der Waals surface area contributed by atoms with Crippen molar-refractivity contribution in [1.29, 1.82) is 0 Å². The summed E-state index contributed by atoms with van der Waals surface area (Å²) in [5, 5.41) is 0. The van der Waals surface area contributed by atoms with Gasteiger partial charge in [0.1, 0.15) is 0 Å². The quantitative estimate of drug-likeness (QED) is 0.885. The summed E-state index contributed by atoms with van der Waals surface area (Å²) in [6.07, 6.45) is 2.81. The SMILES string of the molecule is CC[C@H](N)c1ccc(N(CC)Cc2cccc(C)n2)cn1. The molecule has 0 saturated carbocycles. The van der Waals surface area contributed by atoms with Crippen LogP contribution in [0.4, 0.5) is 5.69 Å². The zero-order chi connectivity index (χ0) is 15.2. The summed E-state index contributed by atoms with van der Waals surface area (Å²) in [5.41, 5.74) is 10.2. The van der Waals surface area contributed by atoms with Gasteiger partial charge in [0, 0.05) is 18.3 Å². The Morgan fingerprint density at radius 1 is 1.19 bits per heavy atom. The van der Waals surface area contributed by atoms with Crippen molar-refractivity contribution < 1.29 is 0 Å². The first-order valence-electron chi connectivity index (χ1n) is 7.53. The summed E-state index contributed by atoms with van der Waals surface area (Å²) in [6, 6.07) is 10.3. The van der Waals surface area contributed by atoms with Crippen LogP contribution in [0, 0.1) is 6.92 Å². The van der Waals surface area contributed by atoms with E-state index < -0.39 is 0 Å². The highest BCUT2D eigenvalue weighted by Gasteiger charge is 2.09. The molecule has 2 rings (SSSR count). The van der Waals surface area contributed by atoms with E-state index in [-0.39, 0.29) is 6.04 Å². The molecule has 0 aromatic carbocycles. The molecule has 0 aliphatic carbocycles. The normalized spacial score (nSPS) is 12.2. The Hall–Kier alpha value is -1.94. The molecule has 2 N–H and O–H groups in total. The number of hydrogen-bond acceptors (Lipinski definition) is 4. The fourth-order valence-corrected chi connectivity index (χ4v) is 2.28. The Morgan fingerprint density at radius 2 is 2.00 bits per heavy atom. The molecule has 0 aliphatic heterocycles. The molecule has 0 radical (unpaired) electrons. The van der Waals surface area contributed by atoms with Gasteiger partial charge in [-0.15, -0.1) is 0 Å². The van der Waals surface area contributed by atoms with Gasteiger partial charge in [0.15, 0.2) is 0 Å². The maximum absolute atomic E-state index is 6.01. The first-order valence-corrected chi connectivity index (χ1v) is 7.53. The van der Waals surface area contributed by atoms with Crippen LogP contribution in [-0.4, -0.2) is 16.5 Å². The minimum atomic E-state index is 0.0209. The molecule has 0 bridgehead atoms. The maximum Gasteiger partial charge on any atom is 0.0602 e. The van der Waals surface area contributed by atoms with Gasteiger partial charge in [-0.3, -0.25) is 9.97 Å². The van der Waals surface area contributed by atoms with E-state index in [9.17, 15) is 0 Å². The van der Waals surface area contributed by atoms with E-state index in [2.05, 4.69) is 40.8 Å². The lowest BCUT2D eigenvalue weighted by Crippen LogP contribution is -2.23. The van der Waals surface area contributed by atoms with Gasteiger partial charge < -0.3 is 10.6 Å². The van der Waals surface area contributed by atoms with Crippen molar-refractivity contribution in [3.63, 3.8) is 0 Å². The van der Waals surface area contributed by atoms with Gasteiger partial charge in [0.2, 0.25) is 0 Å². The highest BCUT2D eigenvalue weighted by molar-refractivity contribution is 5.45. The van der Waals surface area contributed by atoms with E-state index in [1.165, 1.54) is 0 Å². The number of hydrogen-bond donors (Lipinski definition) is 1. The molecule has 0 amide bonds. The summed E-state index contributed by atoms with van der Waals surface area (Å²) in [7, 11) is 0. The van der Waals surface area contributed by atoms with Crippen LogP contribution in [0.3, 0.4) is 0 Å². The van der Waals surface area contributed by atoms with Crippen LogP contribution in [0.2, 0.25) is 0 Å². The van der Waals surface area contributed by atoms with E-state index >= 15 is 0 Å². The number of pyridine rings is 2. The molecule has 0 fully saturated rings. The third-order valence-electron chi connectivity index (χ3n) is 3.64. The van der Waals surface area contributed by atoms with Crippen LogP contribution in [0.15, 0.2) is 36.5 Å². The van der Waals surface area contributed by atoms with Gasteiger partial charge in [0.25, 0.3) is 0 Å². The molecule has 0 aliphatic rings. The van der Waals surface area contributed by atoms with E-state index in [0.29, 0.717) is 0 Å². The predicted octanol–water partition coefficient (Wildman–Crippen LogP) is 3.22. The minimum absolute atomic E-state index is 0.0209. The van der Waals surface area contributed by atoms with Gasteiger partial charge in [-0.25, -0.2) is 0 Å². The topological polar surface area (TPSA) is 55.0 Å². The lowest BCUT2D eigenvalue weighted by Gasteiger charge is -2.23. The van der Waals surface area contributed by atoms with E-state index in [0.717, 1.165) is 42.3 Å². The Kier molecular flexibility index (Phi) is 5.28. The molecule has 4 nitrogen and oxygen atoms in total. The summed E-state index contributed by atoms with van der Waals surface area (Å²) in [5.74, 6) is 0. The maximum atomic E-state index is 6.01. The number of rotatable bonds is 6. The molecule has 21 heavy (non-hydrogen) atoms. The van der Waals surface area contributed by atoms with Crippen molar-refractivity contribution in [3.8, 4) is 0 Å². The first kappa shape index (κ1) is 15.4. The second-order valence-electron chi connectivity index (χ2n) is 5.24. The minimum Gasteiger partial charge on any atom is -0.365 e. The second-order valence-corrected chi connectivity index (χ2v) is 5.24. The van der Waals surface area contributed by atoms with Crippen molar-refractivity contribution in [3.05, 3.63) is 53.6 Å². The van der Waals surface area contributed by atoms with Crippen molar-refractivity contribution in [2.24, 2.45) is 5.73 Å². The van der Waals surface area contributed by atoms with E-state index in [1.54, 1.807) is 0 Å². The molecule has 0 unspecified atom stereocenters. The van der Waals surface area contributed by atoms with Crippen molar-refractivity contribution in [2.75, 3.05) is 11.4 Å². The average Bonchev–Trinajstić information content (AvgIpc) is 2.52. The predicted molar refractivity (Wildman–Crippen MR) is 87.2 cm³/mol. The number of nitrogens with two attached hydrogens (primary N) is 1. The molecular weight excluding hydrogens is 260 g/mol. The third kappa shape index (κ3) is 4.02. The number of anilines is 1. The summed E-state index contributed by atoms with van der Waals surface area (Å²) >= 11 is 0. The fraction of sp³-hybridized carbons (Fsp3) is 0.412. The Balaban J connectivity index is 2.14. The van der Waals surface area contributed by atoms with E-state index in [1.807, 2.05) is 31.3 Å². The number of aryl methyl sites for hydroxylation is 1. The standard InChI is InChI=1S/C17H24N4/c1-4-16(18)17-10-9-15(11-19-17)21(5-2)12-14-8-6-7-13(3)20-14/h6-11,16H,4-5,12,18H2,1-3H3/t16-/m0/s1. The third-order valence-corrected chi connectivity index (χ3v) is 3.64.